The Morgan fingerprint density at radius 2 is 2.00 bits per heavy atom. The zero-order chi connectivity index (χ0) is 10.6. The summed E-state index contributed by atoms with van der Waals surface area (Å²) in [5.41, 5.74) is -0.560. The molecular weight excluding hydrogens is 231 g/mol. The fourth-order valence-electron chi connectivity index (χ4n) is 1.22. The maximum absolute atomic E-state index is 5.54. The van der Waals surface area contributed by atoms with E-state index in [1.165, 1.54) is 5.56 Å². The number of thiol groups is 1. The Kier molecular flexibility index (Phi) is 4.65. The van der Waals surface area contributed by atoms with Crippen molar-refractivity contribution in [3.05, 3.63) is 35.9 Å². The molecule has 0 aliphatic carbocycles. The summed E-state index contributed by atoms with van der Waals surface area (Å²) in [5.74, 6) is 0. The minimum absolute atomic E-state index is 0.210. The summed E-state index contributed by atoms with van der Waals surface area (Å²) in [5, 5.41) is 0. The predicted molar refractivity (Wildman–Crippen MR) is 69.8 cm³/mol. The summed E-state index contributed by atoms with van der Waals surface area (Å²) in [4.78, 5) is 0. The number of rotatable bonds is 4. The first-order chi connectivity index (χ1) is 6.58. The van der Waals surface area contributed by atoms with Gasteiger partial charge in [-0.1, -0.05) is 49.1 Å². The molecule has 1 unspecified atom stereocenters. The van der Waals surface area contributed by atoms with Gasteiger partial charge in [0.1, 0.15) is 5.47 Å². The number of benzene rings is 1. The van der Waals surface area contributed by atoms with E-state index in [2.05, 4.69) is 31.3 Å². The largest absolute Gasteiger partial charge is 0.341 e. The van der Waals surface area contributed by atoms with Crippen LogP contribution in [0.3, 0.4) is 0 Å². The first-order valence-corrected chi connectivity index (χ1v) is 8.54. The molecule has 78 valence electrons. The zero-order valence-electron chi connectivity index (χ0n) is 8.38. The highest BCUT2D eigenvalue weighted by Crippen LogP contribution is 2.63. The Morgan fingerprint density at radius 1 is 1.43 bits per heavy atom. The van der Waals surface area contributed by atoms with Crippen molar-refractivity contribution in [3.8, 4) is 0 Å². The first-order valence-electron chi connectivity index (χ1n) is 4.60. The maximum atomic E-state index is 5.54. The molecule has 0 aliphatic heterocycles. The lowest BCUT2D eigenvalue weighted by Crippen LogP contribution is -1.95. The highest BCUT2D eigenvalue weighted by atomic mass is 32.9. The molecular formula is C10H15OPS2. The SMILES string of the molecule is CCOP(=S)(S)[C@@H](C)c1ccccc1. The predicted octanol–water partition coefficient (Wildman–Crippen LogP) is 4.02. The lowest BCUT2D eigenvalue weighted by molar-refractivity contribution is 0.381. The summed E-state index contributed by atoms with van der Waals surface area (Å²) >= 11 is 9.88. The van der Waals surface area contributed by atoms with Crippen molar-refractivity contribution < 1.29 is 4.52 Å². The Balaban J connectivity index is 2.85. The third-order valence-corrected chi connectivity index (χ3v) is 6.64. The second-order valence-electron chi connectivity index (χ2n) is 3.07. The molecule has 14 heavy (non-hydrogen) atoms. The lowest BCUT2D eigenvalue weighted by Gasteiger charge is -2.23. The molecule has 1 aromatic carbocycles. The van der Waals surface area contributed by atoms with Crippen molar-refractivity contribution in [3.63, 3.8) is 0 Å². The lowest BCUT2D eigenvalue weighted by atomic mass is 10.2. The van der Waals surface area contributed by atoms with Crippen molar-refractivity contribution in [1.82, 2.24) is 0 Å². The van der Waals surface area contributed by atoms with Gasteiger partial charge in [-0.05, 0) is 12.5 Å². The molecule has 0 aromatic heterocycles. The molecule has 0 spiro atoms. The monoisotopic (exact) mass is 246 g/mol. The van der Waals surface area contributed by atoms with E-state index in [0.29, 0.717) is 6.61 Å². The van der Waals surface area contributed by atoms with Gasteiger partial charge in [0.25, 0.3) is 0 Å². The summed E-state index contributed by atoms with van der Waals surface area (Å²) in [6.45, 7) is 4.67. The van der Waals surface area contributed by atoms with Crippen LogP contribution < -0.4 is 0 Å². The summed E-state index contributed by atoms with van der Waals surface area (Å²) in [6.07, 6.45) is 0. The van der Waals surface area contributed by atoms with E-state index in [0.717, 1.165) is 0 Å². The van der Waals surface area contributed by atoms with Gasteiger partial charge in [0.15, 0.2) is 0 Å². The number of hydrogen-bond donors (Lipinski definition) is 1. The first kappa shape index (κ1) is 12.3. The average Bonchev–Trinajstić information content (AvgIpc) is 2.18. The van der Waals surface area contributed by atoms with Crippen LogP contribution in [0.25, 0.3) is 0 Å². The van der Waals surface area contributed by atoms with E-state index in [1.807, 2.05) is 25.1 Å². The van der Waals surface area contributed by atoms with Gasteiger partial charge in [-0.3, -0.25) is 0 Å². The second-order valence-corrected chi connectivity index (χ2v) is 9.45. The van der Waals surface area contributed by atoms with Gasteiger partial charge in [0, 0.05) is 12.3 Å². The van der Waals surface area contributed by atoms with Crippen LogP contribution in [0.15, 0.2) is 30.3 Å². The molecule has 1 rings (SSSR count). The molecule has 0 amide bonds. The van der Waals surface area contributed by atoms with Gasteiger partial charge in [-0.25, -0.2) is 0 Å². The molecule has 0 saturated carbocycles. The van der Waals surface area contributed by atoms with Crippen LogP contribution in [0.5, 0.6) is 0 Å². The molecule has 1 nitrogen and oxygen atoms in total. The van der Waals surface area contributed by atoms with E-state index < -0.39 is 5.47 Å². The normalized spacial score (nSPS) is 17.4. The van der Waals surface area contributed by atoms with Crippen LogP contribution in [-0.2, 0) is 16.3 Å². The molecule has 0 N–H and O–H groups in total. The molecule has 0 saturated heterocycles. The van der Waals surface area contributed by atoms with Gasteiger partial charge in [-0.15, -0.1) is 12.2 Å². The van der Waals surface area contributed by atoms with Gasteiger partial charge in [-0.2, -0.15) is 0 Å². The summed E-state index contributed by atoms with van der Waals surface area (Å²) in [7, 11) is 0. The van der Waals surface area contributed by atoms with E-state index >= 15 is 0 Å². The zero-order valence-corrected chi connectivity index (χ0v) is 11.0. The van der Waals surface area contributed by atoms with Crippen LogP contribution in [0, 0.1) is 0 Å². The van der Waals surface area contributed by atoms with Crippen molar-refractivity contribution in [2.24, 2.45) is 0 Å². The second kappa shape index (κ2) is 5.32. The van der Waals surface area contributed by atoms with Crippen LogP contribution in [0.4, 0.5) is 0 Å². The van der Waals surface area contributed by atoms with E-state index in [1.54, 1.807) is 0 Å². The van der Waals surface area contributed by atoms with Crippen molar-refractivity contribution in [2.45, 2.75) is 19.5 Å². The maximum Gasteiger partial charge on any atom is 0.123 e. The highest BCUT2D eigenvalue weighted by molar-refractivity contribution is 8.61. The topological polar surface area (TPSA) is 9.23 Å². The molecule has 0 aliphatic rings. The minimum atomic E-state index is -1.98. The van der Waals surface area contributed by atoms with Gasteiger partial charge in [0.05, 0.1) is 0 Å². The molecule has 4 heteroatoms. The Labute approximate surface area is 96.1 Å². The van der Waals surface area contributed by atoms with Crippen LogP contribution in [0.1, 0.15) is 25.1 Å². The summed E-state index contributed by atoms with van der Waals surface area (Å²) < 4.78 is 5.54. The van der Waals surface area contributed by atoms with Crippen LogP contribution >= 0.6 is 17.7 Å². The van der Waals surface area contributed by atoms with E-state index in [9.17, 15) is 0 Å². The van der Waals surface area contributed by atoms with E-state index in [-0.39, 0.29) is 5.66 Å². The highest BCUT2D eigenvalue weighted by Gasteiger charge is 2.22. The molecule has 0 radical (unpaired) electrons. The Bertz CT molecular complexity index is 326. The average molecular weight is 246 g/mol. The van der Waals surface area contributed by atoms with Crippen LogP contribution in [0.2, 0.25) is 0 Å². The van der Waals surface area contributed by atoms with Crippen molar-refractivity contribution in [2.75, 3.05) is 6.61 Å². The molecule has 0 bridgehead atoms. The van der Waals surface area contributed by atoms with Crippen LogP contribution in [-0.4, -0.2) is 6.61 Å². The fraction of sp³-hybridized carbons (Fsp3) is 0.400. The Hall–Kier alpha value is 0.180. The molecule has 0 fully saturated rings. The smallest absolute Gasteiger partial charge is 0.123 e. The molecule has 1 aromatic rings. The third-order valence-electron chi connectivity index (χ3n) is 2.09. The fourth-order valence-corrected chi connectivity index (χ4v) is 3.79. The van der Waals surface area contributed by atoms with Gasteiger partial charge >= 0.3 is 0 Å². The quantitative estimate of drug-likeness (QED) is 0.634. The van der Waals surface area contributed by atoms with E-state index in [4.69, 9.17) is 16.3 Å². The van der Waals surface area contributed by atoms with Crippen molar-refractivity contribution in [1.29, 1.82) is 0 Å². The number of hydrogen-bond acceptors (Lipinski definition) is 2. The standard InChI is InChI=1S/C10H15OPS2/c1-3-11-12(13,14)9(2)10-7-5-4-6-8-10/h4-9H,3H2,1-2H3,(H,13,14)/t9-/m0/s1. The molecule has 0 heterocycles. The van der Waals surface area contributed by atoms with Gasteiger partial charge in [0.2, 0.25) is 0 Å². The Morgan fingerprint density at radius 3 is 2.50 bits per heavy atom. The van der Waals surface area contributed by atoms with Gasteiger partial charge < -0.3 is 4.52 Å². The minimum Gasteiger partial charge on any atom is -0.341 e. The summed E-state index contributed by atoms with van der Waals surface area (Å²) in [6, 6.07) is 10.2. The molecule has 2 atom stereocenters. The van der Waals surface area contributed by atoms with Crippen molar-refractivity contribution >= 4 is 29.5 Å². The third kappa shape index (κ3) is 3.09.